The van der Waals surface area contributed by atoms with E-state index in [2.05, 4.69) is 54.4 Å². The van der Waals surface area contributed by atoms with E-state index < -0.39 is 10.0 Å². The van der Waals surface area contributed by atoms with Crippen molar-refractivity contribution < 1.29 is 8.42 Å². The molecule has 2 N–H and O–H groups in total. The third kappa shape index (κ3) is 5.73. The number of imidazole rings is 1. The van der Waals surface area contributed by atoms with Gasteiger partial charge in [-0.15, -0.1) is 11.8 Å². The Balaban J connectivity index is 2.14. The Morgan fingerprint density at radius 3 is 2.33 bits per heavy atom. The highest BCUT2D eigenvalue weighted by Gasteiger charge is 2.28. The summed E-state index contributed by atoms with van der Waals surface area (Å²) in [7, 11) is -3.65. The van der Waals surface area contributed by atoms with Crippen LogP contribution in [-0.4, -0.2) is 30.3 Å². The van der Waals surface area contributed by atoms with Gasteiger partial charge >= 0.3 is 0 Å². The summed E-state index contributed by atoms with van der Waals surface area (Å²) < 4.78 is 31.1. The smallest absolute Gasteiger partial charge is 0.240 e. The minimum atomic E-state index is -3.65. The molecule has 0 amide bonds. The van der Waals surface area contributed by atoms with E-state index in [9.17, 15) is 8.42 Å². The first kappa shape index (κ1) is 25.6. The largest absolute Gasteiger partial charge is 0.326 e. The van der Waals surface area contributed by atoms with Crippen LogP contribution in [0.5, 0.6) is 0 Å². The summed E-state index contributed by atoms with van der Waals surface area (Å²) in [5.41, 5.74) is 2.43. The fraction of sp³-hybridized carbons (Fsp3) is 0.480. The van der Waals surface area contributed by atoms with Crippen molar-refractivity contribution in [1.29, 1.82) is 0 Å². The molecule has 0 bridgehead atoms. The minimum Gasteiger partial charge on any atom is -0.326 e. The quantitative estimate of drug-likeness (QED) is 0.357. The number of nitrogens with one attached hydrogen (secondary N) is 2. The molecule has 180 valence electrons. The average molecular weight is 489 g/mol. The first-order valence-corrected chi connectivity index (χ1v) is 14.0. The van der Waals surface area contributed by atoms with E-state index in [1.54, 1.807) is 30.0 Å². The molecule has 1 heterocycles. The van der Waals surface area contributed by atoms with Gasteiger partial charge in [-0.25, -0.2) is 18.1 Å². The van der Waals surface area contributed by atoms with E-state index >= 15 is 0 Å². The van der Waals surface area contributed by atoms with Gasteiger partial charge in [-0.2, -0.15) is 0 Å². The molecule has 3 rings (SSSR count). The topological polar surface area (TPSA) is 76.0 Å². The number of rotatable bonds is 8. The van der Waals surface area contributed by atoms with Crippen LogP contribution in [-0.2, 0) is 10.0 Å². The molecule has 8 heteroatoms. The van der Waals surface area contributed by atoms with Crippen LogP contribution in [0.1, 0.15) is 54.5 Å². The van der Waals surface area contributed by atoms with Crippen molar-refractivity contribution in [3.8, 4) is 0 Å². The molecule has 0 saturated carbocycles. The first-order valence-electron chi connectivity index (χ1n) is 11.3. The third-order valence-corrected chi connectivity index (χ3v) is 8.56. The van der Waals surface area contributed by atoms with Gasteiger partial charge in [0.2, 0.25) is 16.0 Å². The van der Waals surface area contributed by atoms with Gasteiger partial charge in [0.15, 0.2) is 0 Å². The molecule has 33 heavy (non-hydrogen) atoms. The molecule has 0 saturated heterocycles. The van der Waals surface area contributed by atoms with Crippen molar-refractivity contribution >= 4 is 44.5 Å². The molecule has 6 nitrogen and oxygen atoms in total. The number of thioether (sulfide) groups is 1. The number of benzene rings is 2. The number of hydrogen-bond donors (Lipinski definition) is 2. The summed E-state index contributed by atoms with van der Waals surface area (Å²) in [5.74, 6) is 0.895. The number of fused-ring (bicyclic) bond motifs is 1. The second-order valence-corrected chi connectivity index (χ2v) is 12.6. The number of aromatic nitrogens is 2. The monoisotopic (exact) mass is 488 g/mol. The Kier molecular flexibility index (Phi) is 7.51. The Hall–Kier alpha value is -2.03. The van der Waals surface area contributed by atoms with Crippen molar-refractivity contribution in [3.63, 3.8) is 0 Å². The Labute approximate surface area is 202 Å². The molecule has 2 atom stereocenters. The predicted octanol–water partition coefficient (Wildman–Crippen LogP) is 6.43. The number of sulfonamides is 1. The lowest BCUT2D eigenvalue weighted by Crippen LogP contribution is -2.36. The van der Waals surface area contributed by atoms with Crippen LogP contribution in [0.3, 0.4) is 0 Å². The molecule has 3 aromatic rings. The van der Waals surface area contributed by atoms with Crippen molar-refractivity contribution in [3.05, 3.63) is 42.5 Å². The molecular weight excluding hydrogens is 452 g/mol. The van der Waals surface area contributed by atoms with E-state index in [4.69, 9.17) is 4.98 Å². The third-order valence-electron chi connectivity index (χ3n) is 6.28. The zero-order valence-electron chi connectivity index (χ0n) is 20.8. The molecule has 0 aliphatic heterocycles. The summed E-state index contributed by atoms with van der Waals surface area (Å²) in [4.78, 5) is 6.25. The van der Waals surface area contributed by atoms with Crippen molar-refractivity contribution in [2.45, 2.75) is 70.3 Å². The minimum absolute atomic E-state index is 0.0641. The lowest BCUT2D eigenvalue weighted by molar-refractivity contribution is 0.270. The first-order chi connectivity index (χ1) is 15.3. The van der Waals surface area contributed by atoms with Crippen LogP contribution in [0.15, 0.2) is 52.3 Å². The van der Waals surface area contributed by atoms with Crippen molar-refractivity contribution in [1.82, 2.24) is 14.3 Å². The lowest BCUT2D eigenvalue weighted by Gasteiger charge is -2.30. The number of hydrogen-bond acceptors (Lipinski definition) is 5. The van der Waals surface area contributed by atoms with Crippen LogP contribution in [0.4, 0.5) is 11.6 Å². The zero-order valence-corrected chi connectivity index (χ0v) is 22.4. The molecule has 0 aliphatic carbocycles. The van der Waals surface area contributed by atoms with Crippen LogP contribution in [0, 0.1) is 11.3 Å². The molecule has 1 aromatic heterocycles. The molecule has 1 unspecified atom stereocenters. The Bertz CT molecular complexity index is 1230. The van der Waals surface area contributed by atoms with Gasteiger partial charge in [-0.1, -0.05) is 40.7 Å². The van der Waals surface area contributed by atoms with Gasteiger partial charge in [0.05, 0.1) is 15.9 Å². The zero-order chi connectivity index (χ0) is 24.6. The van der Waals surface area contributed by atoms with E-state index in [1.807, 2.05) is 39.2 Å². The number of nitrogens with zero attached hydrogens (tertiary/aromatic N) is 2. The summed E-state index contributed by atoms with van der Waals surface area (Å²) in [6.07, 6.45) is 2.05. The van der Waals surface area contributed by atoms with Crippen LogP contribution in [0.25, 0.3) is 11.0 Å². The van der Waals surface area contributed by atoms with Gasteiger partial charge in [0.25, 0.3) is 0 Å². The van der Waals surface area contributed by atoms with Crippen molar-refractivity contribution in [2.24, 2.45) is 11.3 Å². The highest BCUT2D eigenvalue weighted by atomic mass is 32.2. The second kappa shape index (κ2) is 9.68. The highest BCUT2D eigenvalue weighted by molar-refractivity contribution is 7.98. The number of anilines is 2. The maximum Gasteiger partial charge on any atom is 0.240 e. The maximum absolute atomic E-state index is 13.1. The van der Waals surface area contributed by atoms with E-state index in [0.717, 1.165) is 21.6 Å². The Morgan fingerprint density at radius 2 is 1.73 bits per heavy atom. The fourth-order valence-corrected chi connectivity index (χ4v) is 5.26. The van der Waals surface area contributed by atoms with Crippen LogP contribution < -0.4 is 10.0 Å². The van der Waals surface area contributed by atoms with Gasteiger partial charge < -0.3 is 9.88 Å². The summed E-state index contributed by atoms with van der Waals surface area (Å²) in [6.45, 7) is 14.6. The molecule has 0 fully saturated rings. The SMILES string of the molecule is CSc1cccc(Nc2nc3ccc(S(=O)(=O)NC(C)C(C)C)cc3n2[C@H](C)C(C)(C)C)c1. The van der Waals surface area contributed by atoms with Gasteiger partial charge in [0.1, 0.15) is 0 Å². The molecule has 0 aliphatic rings. The average Bonchev–Trinajstić information content (AvgIpc) is 3.08. The molecule has 0 spiro atoms. The van der Waals surface area contributed by atoms with E-state index in [1.165, 1.54) is 0 Å². The molecule has 2 aromatic carbocycles. The summed E-state index contributed by atoms with van der Waals surface area (Å²) >= 11 is 1.68. The standard InChI is InChI=1S/C25H36N4O2S2/c1-16(2)17(3)28-33(30,31)21-12-13-22-23(15-21)29(18(4)25(5,6)7)24(27-22)26-19-10-9-11-20(14-19)32-8/h9-18,28H,1-8H3,(H,26,27)/t17?,18-/m1/s1. The van der Waals surface area contributed by atoms with Gasteiger partial charge in [-0.3, -0.25) is 0 Å². The second-order valence-electron chi connectivity index (χ2n) is 10.0. The lowest BCUT2D eigenvalue weighted by atomic mass is 9.88. The van der Waals surface area contributed by atoms with E-state index in [-0.39, 0.29) is 28.3 Å². The summed E-state index contributed by atoms with van der Waals surface area (Å²) in [6, 6.07) is 13.2. The normalized spacial score (nSPS) is 14.6. The highest BCUT2D eigenvalue weighted by Crippen LogP contribution is 2.37. The molecular formula is C25H36N4O2S2. The van der Waals surface area contributed by atoms with Crippen molar-refractivity contribution in [2.75, 3.05) is 11.6 Å². The van der Waals surface area contributed by atoms with Crippen LogP contribution >= 0.6 is 11.8 Å². The maximum atomic E-state index is 13.1. The Morgan fingerprint density at radius 1 is 1.03 bits per heavy atom. The van der Waals surface area contributed by atoms with Gasteiger partial charge in [0, 0.05) is 22.7 Å². The molecule has 0 radical (unpaired) electrons. The van der Waals surface area contributed by atoms with Gasteiger partial charge in [-0.05, 0) is 67.8 Å². The van der Waals surface area contributed by atoms with Crippen LogP contribution in [0.2, 0.25) is 0 Å². The fourth-order valence-electron chi connectivity index (χ4n) is 3.39. The summed E-state index contributed by atoms with van der Waals surface area (Å²) in [5, 5.41) is 3.47. The predicted molar refractivity (Wildman–Crippen MR) is 140 cm³/mol. The van der Waals surface area contributed by atoms with E-state index in [0.29, 0.717) is 5.95 Å².